The molecule has 0 unspecified atom stereocenters. The number of carbonyl (C=O) groups is 1. The van der Waals surface area contributed by atoms with Gasteiger partial charge in [0.05, 0.1) is 6.42 Å². The summed E-state index contributed by atoms with van der Waals surface area (Å²) in [6.45, 7) is 0.987. The van der Waals surface area contributed by atoms with Crippen LogP contribution in [0.4, 0.5) is 4.39 Å². The Morgan fingerprint density at radius 3 is 2.83 bits per heavy atom. The number of hydrogen-bond acceptors (Lipinski definition) is 2. The minimum Gasteiger partial charge on any atom is -0.481 e. The third-order valence-electron chi connectivity index (χ3n) is 3.06. The molecular weight excluding hydrogens is 257 g/mol. The van der Waals surface area contributed by atoms with E-state index in [-0.39, 0.29) is 12.2 Å². The lowest BCUT2D eigenvalue weighted by Crippen LogP contribution is -2.28. The summed E-state index contributed by atoms with van der Waals surface area (Å²) < 4.78 is 13.2. The number of benzene rings is 1. The van der Waals surface area contributed by atoms with Crippen molar-refractivity contribution in [1.29, 1.82) is 0 Å². The largest absolute Gasteiger partial charge is 0.481 e. The second-order valence-electron chi connectivity index (χ2n) is 4.58. The summed E-state index contributed by atoms with van der Waals surface area (Å²) >= 11 is 6.02. The summed E-state index contributed by atoms with van der Waals surface area (Å²) in [5, 5.41) is 9.24. The van der Waals surface area contributed by atoms with Gasteiger partial charge in [-0.2, -0.15) is 0 Å². The van der Waals surface area contributed by atoms with Crippen LogP contribution >= 0.6 is 11.6 Å². The molecule has 1 aromatic carbocycles. The van der Waals surface area contributed by atoms with Crippen molar-refractivity contribution in [3.8, 4) is 0 Å². The van der Waals surface area contributed by atoms with Gasteiger partial charge in [0, 0.05) is 24.2 Å². The van der Waals surface area contributed by atoms with Crippen molar-refractivity contribution >= 4 is 17.6 Å². The standard InChI is InChI=1S/C13H15ClFNO2/c14-12-4-1-10(15)7-9(12)8-16(11-2-3-11)6-5-13(17)18/h1,4,7,11H,2-3,5-6,8H2,(H,17,18). The molecule has 1 N–H and O–H groups in total. The summed E-state index contributed by atoms with van der Waals surface area (Å²) in [6.07, 6.45) is 2.25. The Kier molecular flexibility index (Phi) is 4.19. The van der Waals surface area contributed by atoms with Crippen molar-refractivity contribution in [3.63, 3.8) is 0 Å². The summed E-state index contributed by atoms with van der Waals surface area (Å²) in [4.78, 5) is 12.7. The second-order valence-corrected chi connectivity index (χ2v) is 4.99. The quantitative estimate of drug-likeness (QED) is 0.865. The zero-order valence-electron chi connectivity index (χ0n) is 9.90. The Morgan fingerprint density at radius 1 is 1.50 bits per heavy atom. The first-order valence-corrected chi connectivity index (χ1v) is 6.34. The van der Waals surface area contributed by atoms with Gasteiger partial charge in [-0.15, -0.1) is 0 Å². The smallest absolute Gasteiger partial charge is 0.304 e. The van der Waals surface area contributed by atoms with Gasteiger partial charge >= 0.3 is 5.97 Å². The maximum absolute atomic E-state index is 13.2. The van der Waals surface area contributed by atoms with Crippen molar-refractivity contribution in [3.05, 3.63) is 34.6 Å². The number of hydrogen-bond donors (Lipinski definition) is 1. The predicted molar refractivity (Wildman–Crippen MR) is 67.1 cm³/mol. The molecular formula is C13H15ClFNO2. The minimum absolute atomic E-state index is 0.101. The van der Waals surface area contributed by atoms with E-state index in [2.05, 4.69) is 4.90 Å². The third-order valence-corrected chi connectivity index (χ3v) is 3.43. The van der Waals surface area contributed by atoms with Gasteiger partial charge in [-0.1, -0.05) is 11.6 Å². The first-order valence-electron chi connectivity index (χ1n) is 5.96. The van der Waals surface area contributed by atoms with Gasteiger partial charge in [-0.05, 0) is 36.6 Å². The summed E-state index contributed by atoms with van der Waals surface area (Å²) in [5.74, 6) is -1.13. The number of rotatable bonds is 6. The average molecular weight is 272 g/mol. The highest BCUT2D eigenvalue weighted by atomic mass is 35.5. The van der Waals surface area contributed by atoms with Crippen molar-refractivity contribution in [2.45, 2.75) is 31.8 Å². The van der Waals surface area contributed by atoms with Gasteiger partial charge in [0.2, 0.25) is 0 Å². The lowest BCUT2D eigenvalue weighted by molar-refractivity contribution is -0.137. The van der Waals surface area contributed by atoms with Crippen molar-refractivity contribution in [2.75, 3.05) is 6.54 Å². The maximum Gasteiger partial charge on any atom is 0.304 e. The van der Waals surface area contributed by atoms with E-state index in [9.17, 15) is 9.18 Å². The van der Waals surface area contributed by atoms with Crippen molar-refractivity contribution in [1.82, 2.24) is 4.90 Å². The van der Waals surface area contributed by atoms with Gasteiger partial charge in [0.1, 0.15) is 5.82 Å². The van der Waals surface area contributed by atoms with Crippen LogP contribution in [0.2, 0.25) is 5.02 Å². The Labute approximate surface area is 110 Å². The minimum atomic E-state index is -0.814. The molecule has 0 aromatic heterocycles. The molecule has 0 spiro atoms. The molecule has 3 nitrogen and oxygen atoms in total. The molecule has 0 atom stereocenters. The zero-order chi connectivity index (χ0) is 13.1. The lowest BCUT2D eigenvalue weighted by Gasteiger charge is -2.21. The van der Waals surface area contributed by atoms with Crippen LogP contribution in [0, 0.1) is 5.82 Å². The summed E-state index contributed by atoms with van der Waals surface area (Å²) in [5.41, 5.74) is 0.717. The van der Waals surface area contributed by atoms with Crippen LogP contribution in [0.5, 0.6) is 0 Å². The molecule has 1 aliphatic carbocycles. The number of halogens is 2. The summed E-state index contributed by atoms with van der Waals surface area (Å²) in [6, 6.07) is 4.70. The maximum atomic E-state index is 13.2. The molecule has 18 heavy (non-hydrogen) atoms. The van der Waals surface area contributed by atoms with E-state index in [0.29, 0.717) is 29.7 Å². The second kappa shape index (κ2) is 5.67. The molecule has 1 aromatic rings. The Morgan fingerprint density at radius 2 is 2.22 bits per heavy atom. The number of carboxylic acids is 1. The van der Waals surface area contributed by atoms with E-state index >= 15 is 0 Å². The van der Waals surface area contributed by atoms with Crippen LogP contribution in [0.25, 0.3) is 0 Å². The van der Waals surface area contributed by atoms with Crippen LogP contribution in [-0.2, 0) is 11.3 Å². The van der Waals surface area contributed by atoms with Crippen LogP contribution in [0.15, 0.2) is 18.2 Å². The zero-order valence-corrected chi connectivity index (χ0v) is 10.7. The van der Waals surface area contributed by atoms with Crippen LogP contribution in [0.3, 0.4) is 0 Å². The number of nitrogens with zero attached hydrogens (tertiary/aromatic N) is 1. The fourth-order valence-corrected chi connectivity index (χ4v) is 2.13. The van der Waals surface area contributed by atoms with E-state index in [4.69, 9.17) is 16.7 Å². The van der Waals surface area contributed by atoms with Gasteiger partial charge in [-0.3, -0.25) is 9.69 Å². The third kappa shape index (κ3) is 3.68. The van der Waals surface area contributed by atoms with Crippen LogP contribution < -0.4 is 0 Å². The molecule has 0 radical (unpaired) electrons. The van der Waals surface area contributed by atoms with Gasteiger partial charge in [0.25, 0.3) is 0 Å². The van der Waals surface area contributed by atoms with Crippen LogP contribution in [-0.4, -0.2) is 28.6 Å². The predicted octanol–water partition coefficient (Wildman–Crippen LogP) is 2.92. The summed E-state index contributed by atoms with van der Waals surface area (Å²) in [7, 11) is 0. The molecule has 1 aliphatic rings. The highest BCUT2D eigenvalue weighted by Gasteiger charge is 2.29. The molecule has 0 aliphatic heterocycles. The lowest BCUT2D eigenvalue weighted by atomic mass is 10.2. The Hall–Kier alpha value is -1.13. The first kappa shape index (κ1) is 13.3. The number of carboxylic acid groups (broad SMARTS) is 1. The van der Waals surface area contributed by atoms with Crippen LogP contribution in [0.1, 0.15) is 24.8 Å². The molecule has 0 heterocycles. The number of aliphatic carboxylic acids is 1. The van der Waals surface area contributed by atoms with E-state index in [1.165, 1.54) is 18.2 Å². The molecule has 2 rings (SSSR count). The normalized spacial score (nSPS) is 15.1. The van der Waals surface area contributed by atoms with Crippen molar-refractivity contribution < 1.29 is 14.3 Å². The molecule has 1 saturated carbocycles. The fraction of sp³-hybridized carbons (Fsp3) is 0.462. The SMILES string of the molecule is O=C(O)CCN(Cc1cc(F)ccc1Cl)C1CC1. The first-order chi connectivity index (χ1) is 8.56. The van der Waals surface area contributed by atoms with Gasteiger partial charge in [0.15, 0.2) is 0 Å². The highest BCUT2D eigenvalue weighted by Crippen LogP contribution is 2.30. The average Bonchev–Trinajstić information content (AvgIpc) is 3.12. The van der Waals surface area contributed by atoms with Gasteiger partial charge in [-0.25, -0.2) is 4.39 Å². The molecule has 0 saturated heterocycles. The Balaban J connectivity index is 2.03. The highest BCUT2D eigenvalue weighted by molar-refractivity contribution is 6.31. The molecule has 1 fully saturated rings. The van der Waals surface area contributed by atoms with Crippen molar-refractivity contribution in [2.24, 2.45) is 0 Å². The molecule has 0 amide bonds. The molecule has 5 heteroatoms. The van der Waals surface area contributed by atoms with Gasteiger partial charge < -0.3 is 5.11 Å². The monoisotopic (exact) mass is 271 g/mol. The molecule has 98 valence electrons. The van der Waals surface area contributed by atoms with E-state index in [1.54, 1.807) is 0 Å². The molecule has 0 bridgehead atoms. The van der Waals surface area contributed by atoms with E-state index < -0.39 is 5.97 Å². The topological polar surface area (TPSA) is 40.5 Å². The van der Waals surface area contributed by atoms with E-state index in [1.807, 2.05) is 0 Å². The van der Waals surface area contributed by atoms with E-state index in [0.717, 1.165) is 12.8 Å². The Bertz CT molecular complexity index is 449. The fourth-order valence-electron chi connectivity index (χ4n) is 1.95.